The van der Waals surface area contributed by atoms with Crippen LogP contribution in [-0.4, -0.2) is 39.1 Å². The highest BCUT2D eigenvalue weighted by Gasteiger charge is 2.73. The average Bonchev–Trinajstić information content (AvgIpc) is 3.27. The van der Waals surface area contributed by atoms with Crippen LogP contribution in [0.25, 0.3) is 0 Å². The number of ether oxygens (including phenoxy) is 1. The molecule has 2 unspecified atom stereocenters. The Morgan fingerprint density at radius 3 is 2.03 bits per heavy atom. The lowest BCUT2D eigenvalue weighted by Gasteiger charge is -2.38. The lowest BCUT2D eigenvalue weighted by Crippen LogP contribution is -2.56. The first-order chi connectivity index (χ1) is 16.8. The molecule has 0 bridgehead atoms. The normalized spacial score (nSPS) is 21.6. The molecule has 0 aliphatic heterocycles. The third-order valence-corrected chi connectivity index (χ3v) is 9.36. The first kappa shape index (κ1) is 28.5. The smallest absolute Gasteiger partial charge is 0.396 e. The number of unbranched alkanes of at least 4 members (excludes halogenated alkanes) is 1. The summed E-state index contributed by atoms with van der Waals surface area (Å²) in [5, 5.41) is 9.65. The highest BCUT2D eigenvalue weighted by atomic mass is 32.2. The molecule has 2 aromatic rings. The van der Waals surface area contributed by atoms with Crippen molar-refractivity contribution in [3.8, 4) is 0 Å². The molecule has 0 saturated heterocycles. The minimum Gasteiger partial charge on any atom is -0.396 e. The molecule has 0 aromatic heterocycles. The lowest BCUT2D eigenvalue weighted by atomic mass is 9.88. The zero-order valence-electron chi connectivity index (χ0n) is 19.6. The van der Waals surface area contributed by atoms with Gasteiger partial charge in [0.1, 0.15) is 4.75 Å². The highest BCUT2D eigenvalue weighted by Crippen LogP contribution is 2.54. The van der Waals surface area contributed by atoms with Gasteiger partial charge in [0.05, 0.1) is 4.90 Å². The standard InChI is InChI=1S/C25H28F6O4S/c1-2-3-15-35-23(24(26,27)28,25(29,30)31)20-11-9-19(10-12-20)22(14-13-18(16-22)17-32)36(33,34)21-7-5-4-6-8-21/h4-12,18,32H,2-3,13-17H2,1H3. The molecule has 3 rings (SSSR count). The molecular weight excluding hydrogens is 510 g/mol. The molecule has 2 aromatic carbocycles. The van der Waals surface area contributed by atoms with Crippen molar-refractivity contribution in [1.29, 1.82) is 0 Å². The number of aliphatic hydroxyl groups excluding tert-OH is 1. The predicted molar refractivity (Wildman–Crippen MR) is 121 cm³/mol. The summed E-state index contributed by atoms with van der Waals surface area (Å²) in [7, 11) is -4.11. The molecule has 11 heteroatoms. The summed E-state index contributed by atoms with van der Waals surface area (Å²) in [5.74, 6) is -0.384. The third kappa shape index (κ3) is 4.77. The molecule has 0 radical (unpaired) electrons. The molecule has 0 amide bonds. The van der Waals surface area contributed by atoms with E-state index in [9.17, 15) is 39.9 Å². The summed E-state index contributed by atoms with van der Waals surface area (Å²) in [5.41, 5.74) is -5.66. The van der Waals surface area contributed by atoms with Crippen LogP contribution in [0.4, 0.5) is 26.3 Å². The van der Waals surface area contributed by atoms with Gasteiger partial charge in [-0.05, 0) is 49.3 Å². The van der Waals surface area contributed by atoms with Crippen LogP contribution < -0.4 is 0 Å². The number of rotatable bonds is 9. The maximum Gasteiger partial charge on any atom is 0.430 e. The molecule has 0 spiro atoms. The summed E-state index contributed by atoms with van der Waals surface area (Å²) >= 11 is 0. The number of halogens is 6. The van der Waals surface area contributed by atoms with Gasteiger partial charge in [-0.3, -0.25) is 0 Å². The number of hydrogen-bond acceptors (Lipinski definition) is 4. The van der Waals surface area contributed by atoms with Crippen molar-refractivity contribution >= 4 is 9.84 Å². The zero-order chi connectivity index (χ0) is 26.8. The van der Waals surface area contributed by atoms with Crippen molar-refractivity contribution in [2.75, 3.05) is 13.2 Å². The van der Waals surface area contributed by atoms with Crippen LogP contribution in [0.1, 0.15) is 50.2 Å². The maximum atomic E-state index is 14.0. The van der Waals surface area contributed by atoms with Crippen molar-refractivity contribution in [3.63, 3.8) is 0 Å². The Bertz CT molecular complexity index is 1100. The van der Waals surface area contributed by atoms with E-state index in [0.29, 0.717) is 25.0 Å². The fourth-order valence-corrected chi connectivity index (χ4v) is 7.12. The van der Waals surface area contributed by atoms with Gasteiger partial charge in [0.15, 0.2) is 9.84 Å². The van der Waals surface area contributed by atoms with Crippen molar-refractivity contribution in [1.82, 2.24) is 0 Å². The zero-order valence-corrected chi connectivity index (χ0v) is 20.4. The van der Waals surface area contributed by atoms with Gasteiger partial charge >= 0.3 is 12.4 Å². The van der Waals surface area contributed by atoms with E-state index < -0.39 is 44.7 Å². The highest BCUT2D eigenvalue weighted by molar-refractivity contribution is 7.92. The van der Waals surface area contributed by atoms with Crippen LogP contribution in [0, 0.1) is 5.92 Å². The van der Waals surface area contributed by atoms with Gasteiger partial charge in [-0.1, -0.05) is 55.8 Å². The van der Waals surface area contributed by atoms with Crippen LogP contribution in [0.15, 0.2) is 59.5 Å². The first-order valence-electron chi connectivity index (χ1n) is 11.6. The molecule has 1 N–H and O–H groups in total. The molecule has 1 fully saturated rings. The summed E-state index contributed by atoms with van der Waals surface area (Å²) in [4.78, 5) is -0.0181. The second kappa shape index (κ2) is 10.3. The lowest BCUT2D eigenvalue weighted by molar-refractivity contribution is -0.389. The molecule has 2 atom stereocenters. The van der Waals surface area contributed by atoms with Crippen molar-refractivity contribution < 1.29 is 44.6 Å². The second-order valence-corrected chi connectivity index (χ2v) is 11.3. The molecule has 1 saturated carbocycles. The van der Waals surface area contributed by atoms with E-state index in [-0.39, 0.29) is 42.2 Å². The average molecular weight is 539 g/mol. The van der Waals surface area contributed by atoms with Crippen molar-refractivity contribution in [2.24, 2.45) is 5.92 Å². The summed E-state index contributed by atoms with van der Waals surface area (Å²) in [6, 6.07) is 10.8. The Labute approximate surface area is 206 Å². The Balaban J connectivity index is 2.16. The minimum absolute atomic E-state index is 0.00697. The molecule has 1 aliphatic rings. The van der Waals surface area contributed by atoms with Crippen LogP contribution in [0.3, 0.4) is 0 Å². The largest absolute Gasteiger partial charge is 0.430 e. The summed E-state index contributed by atoms with van der Waals surface area (Å²) in [6.07, 6.45) is -10.9. The molecule has 0 heterocycles. The molecule has 1 aliphatic carbocycles. The minimum atomic E-state index is -5.82. The topological polar surface area (TPSA) is 63.6 Å². The number of alkyl halides is 6. The van der Waals surface area contributed by atoms with E-state index in [1.165, 1.54) is 24.3 Å². The molecule has 200 valence electrons. The number of benzene rings is 2. The fourth-order valence-electron chi connectivity index (χ4n) is 4.86. The molecule has 4 nitrogen and oxygen atoms in total. The Morgan fingerprint density at radius 1 is 0.972 bits per heavy atom. The van der Waals surface area contributed by atoms with E-state index in [2.05, 4.69) is 4.74 Å². The monoisotopic (exact) mass is 538 g/mol. The molecular formula is C25H28F6O4S. The van der Waals surface area contributed by atoms with E-state index in [1.54, 1.807) is 13.0 Å². The third-order valence-electron chi connectivity index (χ3n) is 6.83. The van der Waals surface area contributed by atoms with E-state index in [0.717, 1.165) is 12.1 Å². The van der Waals surface area contributed by atoms with Crippen LogP contribution in [0.5, 0.6) is 0 Å². The maximum absolute atomic E-state index is 14.0. The number of sulfone groups is 1. The molecule has 36 heavy (non-hydrogen) atoms. The van der Waals surface area contributed by atoms with E-state index >= 15 is 0 Å². The summed E-state index contributed by atoms with van der Waals surface area (Å²) in [6.45, 7) is 0.553. The quantitative estimate of drug-likeness (QED) is 0.301. The SMILES string of the molecule is CCCCOC(c1ccc(C2(S(=O)(=O)c3ccccc3)CCC(CO)C2)cc1)(C(F)(F)F)C(F)(F)F. The first-order valence-corrected chi connectivity index (χ1v) is 13.0. The van der Waals surface area contributed by atoms with Gasteiger partial charge in [0, 0.05) is 18.8 Å². The van der Waals surface area contributed by atoms with Crippen molar-refractivity contribution in [2.45, 2.75) is 66.6 Å². The van der Waals surface area contributed by atoms with E-state index in [1.807, 2.05) is 0 Å². The van der Waals surface area contributed by atoms with Crippen LogP contribution in [0.2, 0.25) is 0 Å². The van der Waals surface area contributed by atoms with Crippen molar-refractivity contribution in [3.05, 3.63) is 65.7 Å². The second-order valence-electron chi connectivity index (χ2n) is 9.06. The summed E-state index contributed by atoms with van der Waals surface area (Å²) < 4.78 is 114. The van der Waals surface area contributed by atoms with Gasteiger partial charge in [0.25, 0.3) is 5.60 Å². The van der Waals surface area contributed by atoms with Crippen LogP contribution >= 0.6 is 0 Å². The van der Waals surface area contributed by atoms with Gasteiger partial charge in [-0.2, -0.15) is 26.3 Å². The number of aliphatic hydroxyl groups is 1. The predicted octanol–water partition coefficient (Wildman–Crippen LogP) is 6.28. The van der Waals surface area contributed by atoms with Gasteiger partial charge < -0.3 is 9.84 Å². The van der Waals surface area contributed by atoms with Gasteiger partial charge in [-0.15, -0.1) is 0 Å². The van der Waals surface area contributed by atoms with Crippen LogP contribution in [-0.2, 0) is 24.9 Å². The van der Waals surface area contributed by atoms with Gasteiger partial charge in [-0.25, -0.2) is 8.42 Å². The van der Waals surface area contributed by atoms with E-state index in [4.69, 9.17) is 0 Å². The fraction of sp³-hybridized carbons (Fsp3) is 0.520. The Morgan fingerprint density at radius 2 is 1.56 bits per heavy atom. The Kier molecular flexibility index (Phi) is 8.17. The number of hydrogen-bond donors (Lipinski definition) is 1. The Hall–Kier alpha value is -2.11. The van der Waals surface area contributed by atoms with Gasteiger partial charge in [0.2, 0.25) is 0 Å².